The molecule has 0 aliphatic carbocycles. The number of aromatic nitrogens is 1. The predicted molar refractivity (Wildman–Crippen MR) is 104 cm³/mol. The first-order chi connectivity index (χ1) is 12.3. The van der Waals surface area contributed by atoms with E-state index in [2.05, 4.69) is 16.8 Å². The quantitative estimate of drug-likeness (QED) is 0.845. The number of hydrogen-bond donors (Lipinski definition) is 1. The van der Waals surface area contributed by atoms with Crippen molar-refractivity contribution >= 4 is 23.1 Å². The van der Waals surface area contributed by atoms with Crippen molar-refractivity contribution in [1.29, 1.82) is 0 Å². The molecule has 26 heavy (non-hydrogen) atoms. The second-order valence-corrected chi connectivity index (χ2v) is 7.59. The number of halogens is 1. The molecule has 0 bridgehead atoms. The molecule has 0 spiro atoms. The Morgan fingerprint density at radius 1 is 1.27 bits per heavy atom. The van der Waals surface area contributed by atoms with Crippen molar-refractivity contribution in [2.75, 3.05) is 13.7 Å². The molecule has 1 N–H and O–H groups in total. The summed E-state index contributed by atoms with van der Waals surface area (Å²) in [6.07, 6.45) is 2.30. The molecular formula is C20H24ClN3O2. The van der Waals surface area contributed by atoms with Gasteiger partial charge in [-0.2, -0.15) is 0 Å². The molecule has 1 unspecified atom stereocenters. The van der Waals surface area contributed by atoms with Crippen molar-refractivity contribution in [2.24, 2.45) is 4.99 Å². The van der Waals surface area contributed by atoms with Crippen LogP contribution in [0.4, 0.5) is 5.69 Å². The smallest absolute Gasteiger partial charge is 0.155 e. The summed E-state index contributed by atoms with van der Waals surface area (Å²) in [5, 5.41) is 10.9. The zero-order valence-corrected chi connectivity index (χ0v) is 16.3. The van der Waals surface area contributed by atoms with E-state index in [1.807, 2.05) is 44.2 Å². The molecule has 1 aliphatic rings. The fourth-order valence-corrected chi connectivity index (χ4v) is 3.20. The molecule has 1 aromatic heterocycles. The van der Waals surface area contributed by atoms with Crippen LogP contribution >= 0.6 is 11.6 Å². The van der Waals surface area contributed by atoms with Gasteiger partial charge in [0.05, 0.1) is 30.6 Å². The number of amidine groups is 1. The van der Waals surface area contributed by atoms with E-state index in [4.69, 9.17) is 21.3 Å². The first-order valence-electron chi connectivity index (χ1n) is 8.66. The fourth-order valence-electron chi connectivity index (χ4n) is 3.02. The van der Waals surface area contributed by atoms with Crippen LogP contribution in [0, 0.1) is 0 Å². The maximum absolute atomic E-state index is 10.2. The highest BCUT2D eigenvalue weighted by atomic mass is 35.5. The zero-order valence-electron chi connectivity index (χ0n) is 15.5. The van der Waals surface area contributed by atoms with E-state index < -0.39 is 5.60 Å². The van der Waals surface area contributed by atoms with Crippen molar-refractivity contribution in [3.8, 4) is 5.75 Å². The summed E-state index contributed by atoms with van der Waals surface area (Å²) in [5.74, 6) is 1.49. The zero-order chi connectivity index (χ0) is 18.9. The highest BCUT2D eigenvalue weighted by Gasteiger charge is 2.29. The summed E-state index contributed by atoms with van der Waals surface area (Å²) in [5.41, 5.74) is 1.99. The van der Waals surface area contributed by atoms with Crippen molar-refractivity contribution in [3.63, 3.8) is 0 Å². The Morgan fingerprint density at radius 2 is 2.04 bits per heavy atom. The number of ether oxygens (including phenoxy) is 1. The number of benzene rings is 1. The molecule has 1 aromatic carbocycles. The van der Waals surface area contributed by atoms with Crippen LogP contribution in [0.5, 0.6) is 5.75 Å². The van der Waals surface area contributed by atoms with Gasteiger partial charge in [0.2, 0.25) is 0 Å². The van der Waals surface area contributed by atoms with Gasteiger partial charge in [-0.3, -0.25) is 0 Å². The molecule has 6 heteroatoms. The number of hydrogen-bond acceptors (Lipinski definition) is 5. The summed E-state index contributed by atoms with van der Waals surface area (Å²) in [6, 6.07) is 9.60. The third-order valence-corrected chi connectivity index (χ3v) is 4.81. The molecule has 0 radical (unpaired) electrons. The highest BCUT2D eigenvalue weighted by Crippen LogP contribution is 2.37. The number of methoxy groups -OCH3 is 1. The third-order valence-electron chi connectivity index (χ3n) is 4.57. The van der Waals surface area contributed by atoms with Gasteiger partial charge >= 0.3 is 0 Å². The lowest BCUT2D eigenvalue weighted by Gasteiger charge is -2.37. The summed E-state index contributed by atoms with van der Waals surface area (Å²) < 4.78 is 5.20. The lowest BCUT2D eigenvalue weighted by atomic mass is 9.99. The normalized spacial score (nSPS) is 16.9. The maximum atomic E-state index is 10.2. The number of fused-ring (bicyclic) bond motifs is 1. The van der Waals surface area contributed by atoms with Crippen molar-refractivity contribution in [2.45, 2.75) is 38.8 Å². The lowest BCUT2D eigenvalue weighted by molar-refractivity contribution is 0.0618. The summed E-state index contributed by atoms with van der Waals surface area (Å²) in [7, 11) is 1.62. The molecule has 2 aromatic rings. The van der Waals surface area contributed by atoms with Crippen LogP contribution in [0.3, 0.4) is 0 Å². The van der Waals surface area contributed by atoms with Crippen LogP contribution < -0.4 is 4.74 Å². The van der Waals surface area contributed by atoms with Gasteiger partial charge in [0.1, 0.15) is 11.4 Å². The number of aliphatic imine (C=N–C) groups is 1. The largest absolute Gasteiger partial charge is 0.495 e. The highest BCUT2D eigenvalue weighted by molar-refractivity contribution is 6.30. The molecule has 138 valence electrons. The second-order valence-electron chi connectivity index (χ2n) is 7.15. The van der Waals surface area contributed by atoms with Crippen LogP contribution in [0.15, 0.2) is 41.5 Å². The number of nitrogens with zero attached hydrogens (tertiary/aromatic N) is 3. The van der Waals surface area contributed by atoms with Crippen LogP contribution in [-0.4, -0.2) is 40.1 Å². The van der Waals surface area contributed by atoms with Gasteiger partial charge in [0.25, 0.3) is 0 Å². The Labute approximate surface area is 159 Å². The number of rotatable bonds is 5. The number of aliphatic hydroxyl groups is 1. The Morgan fingerprint density at radius 3 is 2.65 bits per heavy atom. The van der Waals surface area contributed by atoms with Crippen LogP contribution in [0.25, 0.3) is 0 Å². The van der Waals surface area contributed by atoms with Crippen LogP contribution in [0.2, 0.25) is 5.02 Å². The summed E-state index contributed by atoms with van der Waals surface area (Å²) in [4.78, 5) is 11.5. The maximum Gasteiger partial charge on any atom is 0.155 e. The lowest BCUT2D eigenvalue weighted by Crippen LogP contribution is -2.40. The van der Waals surface area contributed by atoms with Gasteiger partial charge in [-0.05, 0) is 57.5 Å². The van der Waals surface area contributed by atoms with E-state index >= 15 is 0 Å². The van der Waals surface area contributed by atoms with Gasteiger partial charge in [-0.15, -0.1) is 0 Å². The standard InChI is InChI=1S/C20H24ClN3O2/c1-13-16-11-14(21)5-7-17(16)23-19(24(13)10-9-20(2,3)25)18-8-6-15(26-4)12-22-18/h5-8,11-13,25H,9-10H2,1-4H3. The molecule has 0 saturated carbocycles. The second kappa shape index (κ2) is 7.25. The van der Waals surface area contributed by atoms with E-state index in [1.54, 1.807) is 13.3 Å². The van der Waals surface area contributed by atoms with Gasteiger partial charge in [0, 0.05) is 17.1 Å². The van der Waals surface area contributed by atoms with Gasteiger partial charge < -0.3 is 14.7 Å². The van der Waals surface area contributed by atoms with Crippen molar-refractivity contribution in [3.05, 3.63) is 52.8 Å². The molecule has 0 amide bonds. The molecule has 0 fully saturated rings. The first-order valence-corrected chi connectivity index (χ1v) is 9.04. The van der Waals surface area contributed by atoms with Gasteiger partial charge in [-0.1, -0.05) is 11.6 Å². The van der Waals surface area contributed by atoms with E-state index in [1.165, 1.54) is 0 Å². The average molecular weight is 374 g/mol. The van der Waals surface area contributed by atoms with E-state index in [0.717, 1.165) is 22.8 Å². The topological polar surface area (TPSA) is 58.0 Å². The molecule has 1 atom stereocenters. The summed E-state index contributed by atoms with van der Waals surface area (Å²) in [6.45, 7) is 6.41. The molecule has 0 saturated heterocycles. The van der Waals surface area contributed by atoms with Crippen LogP contribution in [-0.2, 0) is 0 Å². The Hall–Kier alpha value is -2.11. The van der Waals surface area contributed by atoms with Crippen LogP contribution in [0.1, 0.15) is 44.5 Å². The summed E-state index contributed by atoms with van der Waals surface area (Å²) >= 11 is 6.19. The van der Waals surface area contributed by atoms with E-state index in [-0.39, 0.29) is 6.04 Å². The first kappa shape index (κ1) is 18.7. The Balaban J connectivity index is 2.03. The van der Waals surface area contributed by atoms with Gasteiger partial charge in [-0.25, -0.2) is 9.98 Å². The van der Waals surface area contributed by atoms with Crippen molar-refractivity contribution < 1.29 is 9.84 Å². The third kappa shape index (κ3) is 4.00. The Bertz CT molecular complexity index is 813. The SMILES string of the molecule is COc1ccc(C2=Nc3ccc(Cl)cc3C(C)N2CCC(C)(C)O)nc1. The van der Waals surface area contributed by atoms with Crippen molar-refractivity contribution in [1.82, 2.24) is 9.88 Å². The molecule has 2 heterocycles. The van der Waals surface area contributed by atoms with Gasteiger partial charge in [0.15, 0.2) is 5.84 Å². The Kier molecular flexibility index (Phi) is 5.21. The molecular weight excluding hydrogens is 350 g/mol. The molecule has 3 rings (SSSR count). The molecule has 1 aliphatic heterocycles. The average Bonchev–Trinajstić information content (AvgIpc) is 2.60. The van der Waals surface area contributed by atoms with E-state index in [0.29, 0.717) is 23.7 Å². The van der Waals surface area contributed by atoms with E-state index in [9.17, 15) is 5.11 Å². The predicted octanol–water partition coefficient (Wildman–Crippen LogP) is 4.36. The monoisotopic (exact) mass is 373 g/mol. The fraction of sp³-hybridized carbons (Fsp3) is 0.400. The minimum Gasteiger partial charge on any atom is -0.495 e. The minimum atomic E-state index is -0.757. The minimum absolute atomic E-state index is 0.0717. The molecule has 5 nitrogen and oxygen atoms in total. The number of pyridine rings is 1.